The maximum atomic E-state index is 12.5. The largest absolute Gasteiger partial charge is 0.497 e. The molecule has 0 radical (unpaired) electrons. The lowest BCUT2D eigenvalue weighted by molar-refractivity contribution is 0.0784. The van der Waals surface area contributed by atoms with Crippen LogP contribution in [0.2, 0.25) is 0 Å². The summed E-state index contributed by atoms with van der Waals surface area (Å²) in [6.45, 7) is 3.05. The van der Waals surface area contributed by atoms with Gasteiger partial charge in [-0.05, 0) is 42.8 Å². The van der Waals surface area contributed by atoms with Crippen LogP contribution in [0.3, 0.4) is 0 Å². The van der Waals surface area contributed by atoms with E-state index in [4.69, 9.17) is 9.47 Å². The number of carbonyl (C=O) groups excluding carboxylic acids is 1. The number of hydrogen-bond donors (Lipinski definition) is 0. The predicted molar refractivity (Wildman–Crippen MR) is 86.4 cm³/mol. The molecule has 0 fully saturated rings. The number of amides is 1. The fourth-order valence-corrected chi connectivity index (χ4v) is 2.18. The first-order valence-electron chi connectivity index (χ1n) is 7.25. The van der Waals surface area contributed by atoms with Gasteiger partial charge in [0.25, 0.3) is 5.91 Å². The molecule has 0 saturated heterocycles. The Bertz CT molecular complexity index is 622. The van der Waals surface area contributed by atoms with Gasteiger partial charge in [0, 0.05) is 19.2 Å². The molecule has 0 saturated carbocycles. The average Bonchev–Trinajstić information content (AvgIpc) is 2.55. The quantitative estimate of drug-likeness (QED) is 0.821. The molecule has 0 N–H and O–H groups in total. The standard InChI is InChI=1S/C18H21NO3/c1-4-22-17-7-5-6-15(12-17)18(20)19(2)13-14-8-10-16(21-3)11-9-14/h5-12H,4,13H2,1-3H3. The normalized spacial score (nSPS) is 10.1. The molecule has 0 heterocycles. The van der Waals surface area contributed by atoms with Crippen molar-refractivity contribution in [3.8, 4) is 11.5 Å². The molecule has 22 heavy (non-hydrogen) atoms. The van der Waals surface area contributed by atoms with E-state index in [1.807, 2.05) is 43.3 Å². The van der Waals surface area contributed by atoms with Gasteiger partial charge in [0.2, 0.25) is 0 Å². The SMILES string of the molecule is CCOc1cccc(C(=O)N(C)Cc2ccc(OC)cc2)c1. The van der Waals surface area contributed by atoms with Crippen molar-refractivity contribution in [2.24, 2.45) is 0 Å². The third-order valence-corrected chi connectivity index (χ3v) is 3.32. The van der Waals surface area contributed by atoms with Crippen LogP contribution >= 0.6 is 0 Å². The number of carbonyl (C=O) groups is 1. The molecule has 4 nitrogen and oxygen atoms in total. The molecule has 2 aromatic rings. The molecular weight excluding hydrogens is 278 g/mol. The summed E-state index contributed by atoms with van der Waals surface area (Å²) in [6.07, 6.45) is 0. The van der Waals surface area contributed by atoms with Crippen molar-refractivity contribution in [1.29, 1.82) is 0 Å². The van der Waals surface area contributed by atoms with E-state index in [0.717, 1.165) is 11.3 Å². The Morgan fingerprint density at radius 1 is 1.09 bits per heavy atom. The number of rotatable bonds is 6. The van der Waals surface area contributed by atoms with E-state index in [-0.39, 0.29) is 5.91 Å². The van der Waals surface area contributed by atoms with Gasteiger partial charge in [-0.3, -0.25) is 4.79 Å². The van der Waals surface area contributed by atoms with Gasteiger partial charge in [0.1, 0.15) is 11.5 Å². The van der Waals surface area contributed by atoms with Crippen molar-refractivity contribution in [3.63, 3.8) is 0 Å². The van der Waals surface area contributed by atoms with Crippen molar-refractivity contribution in [2.75, 3.05) is 20.8 Å². The van der Waals surface area contributed by atoms with E-state index in [2.05, 4.69) is 0 Å². The predicted octanol–water partition coefficient (Wildman–Crippen LogP) is 3.37. The zero-order chi connectivity index (χ0) is 15.9. The van der Waals surface area contributed by atoms with Gasteiger partial charge < -0.3 is 14.4 Å². The second kappa shape index (κ2) is 7.50. The highest BCUT2D eigenvalue weighted by Crippen LogP contribution is 2.17. The Morgan fingerprint density at radius 3 is 2.45 bits per heavy atom. The number of hydrogen-bond acceptors (Lipinski definition) is 3. The molecule has 2 aromatic carbocycles. The monoisotopic (exact) mass is 299 g/mol. The van der Waals surface area contributed by atoms with Crippen LogP contribution in [0, 0.1) is 0 Å². The highest BCUT2D eigenvalue weighted by molar-refractivity contribution is 5.94. The van der Waals surface area contributed by atoms with Crippen LogP contribution in [0.25, 0.3) is 0 Å². The molecule has 0 aliphatic carbocycles. The van der Waals surface area contributed by atoms with Crippen molar-refractivity contribution in [1.82, 2.24) is 4.90 Å². The van der Waals surface area contributed by atoms with E-state index in [0.29, 0.717) is 24.5 Å². The summed E-state index contributed by atoms with van der Waals surface area (Å²) in [5, 5.41) is 0. The lowest BCUT2D eigenvalue weighted by Crippen LogP contribution is -2.26. The Labute approximate surface area is 131 Å². The second-order valence-corrected chi connectivity index (χ2v) is 4.97. The van der Waals surface area contributed by atoms with Crippen LogP contribution < -0.4 is 9.47 Å². The molecule has 0 aliphatic heterocycles. The summed E-state index contributed by atoms with van der Waals surface area (Å²) in [7, 11) is 3.43. The van der Waals surface area contributed by atoms with Crippen LogP contribution in [0.1, 0.15) is 22.8 Å². The minimum atomic E-state index is -0.0302. The number of nitrogens with zero attached hydrogens (tertiary/aromatic N) is 1. The lowest BCUT2D eigenvalue weighted by Gasteiger charge is -2.18. The first-order chi connectivity index (χ1) is 10.6. The lowest BCUT2D eigenvalue weighted by atomic mass is 10.1. The van der Waals surface area contributed by atoms with Gasteiger partial charge >= 0.3 is 0 Å². The molecule has 2 rings (SSSR count). The molecule has 0 bridgehead atoms. The Balaban J connectivity index is 2.06. The van der Waals surface area contributed by atoms with Crippen LogP contribution in [-0.4, -0.2) is 31.6 Å². The van der Waals surface area contributed by atoms with Crippen molar-refractivity contribution in [2.45, 2.75) is 13.5 Å². The van der Waals surface area contributed by atoms with Gasteiger partial charge in [0.05, 0.1) is 13.7 Å². The van der Waals surface area contributed by atoms with Crippen LogP contribution in [0.15, 0.2) is 48.5 Å². The van der Waals surface area contributed by atoms with Crippen molar-refractivity contribution in [3.05, 3.63) is 59.7 Å². The summed E-state index contributed by atoms with van der Waals surface area (Å²) >= 11 is 0. The first kappa shape index (κ1) is 15.9. The summed E-state index contributed by atoms with van der Waals surface area (Å²) in [5.41, 5.74) is 1.68. The molecular formula is C18H21NO3. The molecule has 1 amide bonds. The fourth-order valence-electron chi connectivity index (χ4n) is 2.18. The number of benzene rings is 2. The summed E-state index contributed by atoms with van der Waals surface area (Å²) in [4.78, 5) is 14.2. The number of ether oxygens (including phenoxy) is 2. The van der Waals surface area contributed by atoms with E-state index in [9.17, 15) is 4.79 Å². The smallest absolute Gasteiger partial charge is 0.254 e. The Morgan fingerprint density at radius 2 is 1.82 bits per heavy atom. The van der Waals surface area contributed by atoms with Crippen LogP contribution in [0.4, 0.5) is 0 Å². The summed E-state index contributed by atoms with van der Waals surface area (Å²) in [6, 6.07) is 15.0. The molecule has 116 valence electrons. The van der Waals surface area contributed by atoms with E-state index >= 15 is 0 Å². The molecule has 0 aliphatic rings. The summed E-state index contributed by atoms with van der Waals surface area (Å²) < 4.78 is 10.6. The minimum Gasteiger partial charge on any atom is -0.497 e. The fraction of sp³-hybridized carbons (Fsp3) is 0.278. The van der Waals surface area contributed by atoms with Crippen LogP contribution in [-0.2, 0) is 6.54 Å². The Kier molecular flexibility index (Phi) is 5.42. The highest BCUT2D eigenvalue weighted by atomic mass is 16.5. The molecule has 0 spiro atoms. The zero-order valence-electron chi connectivity index (χ0n) is 13.2. The average molecular weight is 299 g/mol. The van der Waals surface area contributed by atoms with E-state index < -0.39 is 0 Å². The maximum Gasteiger partial charge on any atom is 0.254 e. The van der Waals surface area contributed by atoms with E-state index in [1.54, 1.807) is 31.2 Å². The van der Waals surface area contributed by atoms with E-state index in [1.165, 1.54) is 0 Å². The second-order valence-electron chi connectivity index (χ2n) is 4.97. The van der Waals surface area contributed by atoms with Gasteiger partial charge in [0.15, 0.2) is 0 Å². The third-order valence-electron chi connectivity index (χ3n) is 3.32. The molecule has 0 unspecified atom stereocenters. The molecule has 4 heteroatoms. The number of methoxy groups -OCH3 is 1. The topological polar surface area (TPSA) is 38.8 Å². The minimum absolute atomic E-state index is 0.0302. The molecule has 0 atom stereocenters. The third kappa shape index (κ3) is 4.01. The van der Waals surface area contributed by atoms with Crippen molar-refractivity contribution >= 4 is 5.91 Å². The molecule has 0 aromatic heterocycles. The summed E-state index contributed by atoms with van der Waals surface area (Å²) in [5.74, 6) is 1.49. The van der Waals surface area contributed by atoms with Gasteiger partial charge in [-0.2, -0.15) is 0 Å². The van der Waals surface area contributed by atoms with Crippen molar-refractivity contribution < 1.29 is 14.3 Å². The zero-order valence-corrected chi connectivity index (χ0v) is 13.2. The van der Waals surface area contributed by atoms with Gasteiger partial charge in [-0.25, -0.2) is 0 Å². The van der Waals surface area contributed by atoms with Gasteiger partial charge in [-0.15, -0.1) is 0 Å². The maximum absolute atomic E-state index is 12.5. The van der Waals surface area contributed by atoms with Gasteiger partial charge in [-0.1, -0.05) is 18.2 Å². The highest BCUT2D eigenvalue weighted by Gasteiger charge is 2.12. The van der Waals surface area contributed by atoms with Crippen LogP contribution in [0.5, 0.6) is 11.5 Å². The Hall–Kier alpha value is -2.49. The first-order valence-corrected chi connectivity index (χ1v) is 7.25.